The zero-order valence-electron chi connectivity index (χ0n) is 14.9. The first-order chi connectivity index (χ1) is 11.1. The Morgan fingerprint density at radius 1 is 1.09 bits per heavy atom. The second-order valence-electron chi connectivity index (χ2n) is 7.95. The summed E-state index contributed by atoms with van der Waals surface area (Å²) in [6.07, 6.45) is 8.92. The lowest BCUT2D eigenvalue weighted by Crippen LogP contribution is -2.59. The fourth-order valence-electron chi connectivity index (χ4n) is 4.40. The lowest BCUT2D eigenvalue weighted by atomic mass is 9.68. The largest absolute Gasteiger partial charge is 0.329 e. The van der Waals surface area contributed by atoms with Crippen LogP contribution in [0.3, 0.4) is 0 Å². The molecule has 3 heteroatoms. The predicted octanol–water partition coefficient (Wildman–Crippen LogP) is 3.10. The number of nitrogens with two attached hydrogens (primary N) is 1. The molecule has 0 saturated heterocycles. The van der Waals surface area contributed by atoms with E-state index in [4.69, 9.17) is 5.73 Å². The van der Waals surface area contributed by atoms with Gasteiger partial charge < -0.3 is 11.1 Å². The van der Waals surface area contributed by atoms with Gasteiger partial charge in [0.1, 0.15) is 0 Å². The van der Waals surface area contributed by atoms with E-state index in [0.29, 0.717) is 0 Å². The van der Waals surface area contributed by atoms with Crippen molar-refractivity contribution in [3.05, 3.63) is 35.9 Å². The number of benzene rings is 1. The first-order valence-electron chi connectivity index (χ1n) is 9.28. The van der Waals surface area contributed by atoms with Crippen molar-refractivity contribution in [2.45, 2.75) is 56.0 Å². The average molecular weight is 316 g/mol. The highest BCUT2D eigenvalue weighted by Gasteiger charge is 2.44. The fourth-order valence-corrected chi connectivity index (χ4v) is 4.40. The molecule has 3 rings (SSSR count). The third-order valence-corrected chi connectivity index (χ3v) is 6.58. The van der Waals surface area contributed by atoms with Crippen molar-refractivity contribution < 1.29 is 0 Å². The number of hydrogen-bond donors (Lipinski definition) is 2. The summed E-state index contributed by atoms with van der Waals surface area (Å²) in [4.78, 5) is 2.43. The molecule has 128 valence electrons. The van der Waals surface area contributed by atoms with E-state index in [2.05, 4.69) is 54.6 Å². The van der Waals surface area contributed by atoms with Crippen LogP contribution in [0.1, 0.15) is 50.5 Å². The van der Waals surface area contributed by atoms with E-state index in [-0.39, 0.29) is 11.1 Å². The molecule has 0 bridgehead atoms. The number of nitrogens with zero attached hydrogens (tertiary/aromatic N) is 1. The van der Waals surface area contributed by atoms with E-state index in [9.17, 15) is 0 Å². The number of nitrogens with one attached hydrogen (secondary N) is 1. The van der Waals surface area contributed by atoms with Gasteiger partial charge in [-0.1, -0.05) is 36.8 Å². The van der Waals surface area contributed by atoms with Crippen LogP contribution in [0.15, 0.2) is 30.3 Å². The third-order valence-electron chi connectivity index (χ3n) is 6.58. The number of rotatable bonds is 6. The van der Waals surface area contributed by atoms with Crippen molar-refractivity contribution in [3.8, 4) is 0 Å². The van der Waals surface area contributed by atoms with Gasteiger partial charge >= 0.3 is 0 Å². The maximum absolute atomic E-state index is 6.21. The quantitative estimate of drug-likeness (QED) is 0.847. The first-order valence-corrected chi connectivity index (χ1v) is 9.28. The van der Waals surface area contributed by atoms with Crippen LogP contribution >= 0.6 is 0 Å². The van der Waals surface area contributed by atoms with Gasteiger partial charge in [-0.3, -0.25) is 4.90 Å². The minimum Gasteiger partial charge on any atom is -0.329 e. The Morgan fingerprint density at radius 3 is 2.22 bits per heavy atom. The molecule has 2 aliphatic carbocycles. The second kappa shape index (κ2) is 6.92. The molecule has 0 spiro atoms. The van der Waals surface area contributed by atoms with Crippen molar-refractivity contribution in [1.29, 1.82) is 0 Å². The van der Waals surface area contributed by atoms with Crippen molar-refractivity contribution in [2.75, 3.05) is 27.2 Å². The summed E-state index contributed by atoms with van der Waals surface area (Å²) in [5.41, 5.74) is 7.99. The van der Waals surface area contributed by atoms with Gasteiger partial charge in [0.25, 0.3) is 0 Å². The summed E-state index contributed by atoms with van der Waals surface area (Å²) >= 11 is 0. The third kappa shape index (κ3) is 3.33. The fraction of sp³-hybridized carbons (Fsp3) is 0.700. The standard InChI is InChI=1S/C20H33N3/c1-23(2)20(18-9-4-3-5-10-18)13-11-19(16-21,12-14-20)22-15-17-7-6-8-17/h3-5,9-10,17,22H,6-8,11-16,21H2,1-2H3. The molecule has 0 radical (unpaired) electrons. The van der Waals surface area contributed by atoms with Crippen LogP contribution in [0.25, 0.3) is 0 Å². The van der Waals surface area contributed by atoms with Crippen LogP contribution in [-0.4, -0.2) is 37.6 Å². The van der Waals surface area contributed by atoms with Gasteiger partial charge in [0.05, 0.1) is 0 Å². The molecule has 2 aliphatic rings. The van der Waals surface area contributed by atoms with E-state index in [1.54, 1.807) is 0 Å². The van der Waals surface area contributed by atoms with E-state index < -0.39 is 0 Å². The van der Waals surface area contributed by atoms with Crippen molar-refractivity contribution in [2.24, 2.45) is 11.7 Å². The summed E-state index contributed by atoms with van der Waals surface area (Å²) in [5, 5.41) is 3.87. The Morgan fingerprint density at radius 2 is 1.74 bits per heavy atom. The minimum atomic E-state index is 0.157. The van der Waals surface area contributed by atoms with Crippen LogP contribution in [0.4, 0.5) is 0 Å². The molecule has 0 heterocycles. The lowest BCUT2D eigenvalue weighted by Gasteiger charge is -2.50. The van der Waals surface area contributed by atoms with Crippen molar-refractivity contribution in [3.63, 3.8) is 0 Å². The highest BCUT2D eigenvalue weighted by molar-refractivity contribution is 5.26. The molecule has 0 aromatic heterocycles. The zero-order valence-corrected chi connectivity index (χ0v) is 14.9. The Kier molecular flexibility index (Phi) is 5.10. The molecule has 3 N–H and O–H groups in total. The van der Waals surface area contributed by atoms with E-state index in [0.717, 1.165) is 19.0 Å². The van der Waals surface area contributed by atoms with Gasteiger partial charge in [-0.25, -0.2) is 0 Å². The molecule has 3 nitrogen and oxygen atoms in total. The molecule has 0 amide bonds. The van der Waals surface area contributed by atoms with Crippen LogP contribution in [0.5, 0.6) is 0 Å². The maximum Gasteiger partial charge on any atom is 0.0456 e. The van der Waals surface area contributed by atoms with Crippen LogP contribution in [0.2, 0.25) is 0 Å². The molecule has 1 aromatic carbocycles. The Bertz CT molecular complexity index is 485. The van der Waals surface area contributed by atoms with Crippen LogP contribution < -0.4 is 11.1 Å². The van der Waals surface area contributed by atoms with E-state index in [1.807, 2.05) is 0 Å². The molecular formula is C20H33N3. The van der Waals surface area contributed by atoms with Crippen LogP contribution in [-0.2, 0) is 5.54 Å². The Hall–Kier alpha value is -0.900. The minimum absolute atomic E-state index is 0.157. The highest BCUT2D eigenvalue weighted by atomic mass is 15.2. The molecule has 23 heavy (non-hydrogen) atoms. The number of hydrogen-bond acceptors (Lipinski definition) is 3. The van der Waals surface area contributed by atoms with Crippen molar-refractivity contribution >= 4 is 0 Å². The SMILES string of the molecule is CN(C)C1(c2ccccc2)CCC(CN)(NCC2CCC2)CC1. The molecule has 0 unspecified atom stereocenters. The maximum atomic E-state index is 6.21. The molecule has 0 atom stereocenters. The summed E-state index contributed by atoms with van der Waals surface area (Å²) in [7, 11) is 4.45. The van der Waals surface area contributed by atoms with Gasteiger partial charge in [-0.15, -0.1) is 0 Å². The average Bonchev–Trinajstić information content (AvgIpc) is 2.54. The highest BCUT2D eigenvalue weighted by Crippen LogP contribution is 2.44. The molecule has 2 saturated carbocycles. The normalized spacial score (nSPS) is 32.0. The second-order valence-corrected chi connectivity index (χ2v) is 7.95. The van der Waals surface area contributed by atoms with Gasteiger partial charge in [0.15, 0.2) is 0 Å². The van der Waals surface area contributed by atoms with E-state index in [1.165, 1.54) is 50.5 Å². The molecule has 1 aromatic rings. The van der Waals surface area contributed by atoms with Gasteiger partial charge in [0.2, 0.25) is 0 Å². The van der Waals surface area contributed by atoms with Crippen molar-refractivity contribution in [1.82, 2.24) is 10.2 Å². The summed E-state index contributed by atoms with van der Waals surface area (Å²) in [5.74, 6) is 0.896. The molecular weight excluding hydrogens is 282 g/mol. The summed E-state index contributed by atoms with van der Waals surface area (Å²) < 4.78 is 0. The summed E-state index contributed by atoms with van der Waals surface area (Å²) in [6, 6.07) is 11.0. The lowest BCUT2D eigenvalue weighted by molar-refractivity contribution is 0.0538. The van der Waals surface area contributed by atoms with Gasteiger partial charge in [-0.05, 0) is 70.6 Å². The zero-order chi connectivity index (χ0) is 16.3. The topological polar surface area (TPSA) is 41.3 Å². The van der Waals surface area contributed by atoms with Gasteiger partial charge in [0, 0.05) is 17.6 Å². The summed E-state index contributed by atoms with van der Waals surface area (Å²) in [6.45, 7) is 1.93. The monoisotopic (exact) mass is 315 g/mol. The Labute approximate surface area is 141 Å². The molecule has 2 fully saturated rings. The van der Waals surface area contributed by atoms with E-state index >= 15 is 0 Å². The first kappa shape index (κ1) is 16.9. The smallest absolute Gasteiger partial charge is 0.0456 e. The Balaban J connectivity index is 1.70. The van der Waals surface area contributed by atoms with Gasteiger partial charge in [-0.2, -0.15) is 0 Å². The molecule has 0 aliphatic heterocycles. The predicted molar refractivity (Wildman–Crippen MR) is 97.4 cm³/mol. The van der Waals surface area contributed by atoms with Crippen LogP contribution in [0, 0.1) is 5.92 Å².